The molecule has 0 spiro atoms. The summed E-state index contributed by atoms with van der Waals surface area (Å²) in [6.45, 7) is 9.37. The number of nitrogens with two attached hydrogens (primary N) is 1. The molecule has 1 aliphatic heterocycles. The Bertz CT molecular complexity index is 1430. The first-order valence-corrected chi connectivity index (χ1v) is 13.6. The van der Waals surface area contributed by atoms with Crippen molar-refractivity contribution in [3.8, 4) is 11.4 Å². The van der Waals surface area contributed by atoms with Gasteiger partial charge in [0.15, 0.2) is 0 Å². The van der Waals surface area contributed by atoms with Gasteiger partial charge in [-0.1, -0.05) is 37.3 Å². The number of carbonyl (C=O) groups is 1. The van der Waals surface area contributed by atoms with Crippen LogP contribution in [-0.4, -0.2) is 39.5 Å². The van der Waals surface area contributed by atoms with Gasteiger partial charge in [-0.25, -0.2) is 4.98 Å². The lowest BCUT2D eigenvalue weighted by Gasteiger charge is -2.35. The lowest BCUT2D eigenvalue weighted by atomic mass is 9.94. The Balaban J connectivity index is 1.33. The van der Waals surface area contributed by atoms with E-state index < -0.39 is 0 Å². The number of carbonyl (C=O) groups excluding carboxylic acids is 1. The summed E-state index contributed by atoms with van der Waals surface area (Å²) in [5.41, 5.74) is 12.6. The van der Waals surface area contributed by atoms with Gasteiger partial charge < -0.3 is 20.4 Å². The van der Waals surface area contributed by atoms with Crippen LogP contribution in [0.2, 0.25) is 0 Å². The van der Waals surface area contributed by atoms with Crippen molar-refractivity contribution >= 4 is 11.6 Å². The molecule has 7 heteroatoms. The fraction of sp³-hybridized carbons (Fsp3) is 0.312. The summed E-state index contributed by atoms with van der Waals surface area (Å²) in [7, 11) is 0. The van der Waals surface area contributed by atoms with E-state index >= 15 is 0 Å². The van der Waals surface area contributed by atoms with Crippen LogP contribution in [-0.2, 0) is 13.2 Å². The number of ether oxygens (including phenoxy) is 1. The van der Waals surface area contributed by atoms with Crippen molar-refractivity contribution in [3.63, 3.8) is 0 Å². The maximum Gasteiger partial charge on any atom is 0.255 e. The fourth-order valence-corrected chi connectivity index (χ4v) is 5.09. The Morgan fingerprint density at radius 2 is 1.90 bits per heavy atom. The van der Waals surface area contributed by atoms with Gasteiger partial charge in [0.2, 0.25) is 0 Å². The van der Waals surface area contributed by atoms with Crippen LogP contribution in [0.15, 0.2) is 79.3 Å². The summed E-state index contributed by atoms with van der Waals surface area (Å²) < 4.78 is 7.98. The zero-order valence-corrected chi connectivity index (χ0v) is 22.9. The molecule has 0 aliphatic carbocycles. The molecule has 2 heterocycles. The predicted molar refractivity (Wildman–Crippen MR) is 155 cm³/mol. The molecular weight excluding hydrogens is 486 g/mol. The van der Waals surface area contributed by atoms with Crippen LogP contribution >= 0.6 is 0 Å². The van der Waals surface area contributed by atoms with Gasteiger partial charge in [0, 0.05) is 42.3 Å². The van der Waals surface area contributed by atoms with E-state index in [1.807, 2.05) is 79.2 Å². The van der Waals surface area contributed by atoms with Crippen molar-refractivity contribution in [1.29, 1.82) is 0 Å². The summed E-state index contributed by atoms with van der Waals surface area (Å²) in [5, 5.41) is 3.12. The number of amides is 1. The highest BCUT2D eigenvalue weighted by Gasteiger charge is 2.23. The van der Waals surface area contributed by atoms with E-state index in [1.165, 1.54) is 0 Å². The van der Waals surface area contributed by atoms with Crippen LogP contribution in [0.4, 0.5) is 5.69 Å². The molecule has 0 saturated carbocycles. The van der Waals surface area contributed by atoms with Crippen LogP contribution in [0.25, 0.3) is 5.69 Å². The molecule has 1 aliphatic rings. The molecule has 1 amide bonds. The number of imidazole rings is 1. The van der Waals surface area contributed by atoms with Crippen LogP contribution in [0.1, 0.15) is 46.1 Å². The molecule has 5 rings (SSSR count). The Labute approximate surface area is 230 Å². The minimum absolute atomic E-state index is 0.157. The number of aromatic nitrogens is 2. The molecule has 39 heavy (non-hydrogen) atoms. The number of anilines is 1. The number of rotatable bonds is 8. The average molecular weight is 524 g/mol. The van der Waals surface area contributed by atoms with Gasteiger partial charge in [0.05, 0.1) is 12.0 Å². The molecule has 7 nitrogen and oxygen atoms in total. The van der Waals surface area contributed by atoms with Gasteiger partial charge in [-0.05, 0) is 85.8 Å². The van der Waals surface area contributed by atoms with Gasteiger partial charge >= 0.3 is 0 Å². The predicted octanol–water partition coefficient (Wildman–Crippen LogP) is 5.49. The zero-order chi connectivity index (χ0) is 27.4. The quantitative estimate of drug-likeness (QED) is 0.319. The highest BCUT2D eigenvalue weighted by molar-refractivity contribution is 6.04. The molecule has 3 N–H and O–H groups in total. The number of hydrogen-bond acceptors (Lipinski definition) is 5. The molecule has 2 atom stereocenters. The number of nitrogens with zero attached hydrogens (tertiary/aromatic N) is 3. The molecule has 4 aromatic rings. The van der Waals surface area contributed by atoms with E-state index in [1.54, 1.807) is 6.33 Å². The minimum Gasteiger partial charge on any atom is -0.489 e. The number of piperidine rings is 1. The van der Waals surface area contributed by atoms with E-state index in [9.17, 15) is 4.79 Å². The third-order valence-corrected chi connectivity index (χ3v) is 7.38. The first-order chi connectivity index (χ1) is 18.8. The maximum absolute atomic E-state index is 13.3. The maximum atomic E-state index is 13.3. The second kappa shape index (κ2) is 11.8. The Hall–Kier alpha value is -3.94. The summed E-state index contributed by atoms with van der Waals surface area (Å²) in [6.07, 6.45) is 4.79. The first kappa shape index (κ1) is 26.7. The fourth-order valence-electron chi connectivity index (χ4n) is 5.09. The Kier molecular flexibility index (Phi) is 8.10. The van der Waals surface area contributed by atoms with Crippen molar-refractivity contribution in [2.24, 2.45) is 11.7 Å². The highest BCUT2D eigenvalue weighted by atomic mass is 16.5. The molecule has 1 saturated heterocycles. The summed E-state index contributed by atoms with van der Waals surface area (Å²) in [5.74, 6) is 1.07. The van der Waals surface area contributed by atoms with Gasteiger partial charge in [0.25, 0.3) is 5.91 Å². The van der Waals surface area contributed by atoms with Crippen molar-refractivity contribution in [3.05, 3.63) is 107 Å². The number of hydrogen-bond donors (Lipinski definition) is 2. The topological polar surface area (TPSA) is 85.4 Å². The van der Waals surface area contributed by atoms with Crippen molar-refractivity contribution < 1.29 is 9.53 Å². The standard InChI is InChI=1S/C32H37N5O2/c1-22-13-27(9-10-31(22)39-20-25-7-5-4-6-8-25)32(38)35-28-14-26(19-36-12-11-30(33)23(2)17-36)15-29(16-28)37-18-24(3)34-21-37/h4-10,13-16,18,21,23,30H,11-12,17,19-20,33H2,1-3H3,(H,35,38). The van der Waals surface area contributed by atoms with E-state index in [-0.39, 0.29) is 11.9 Å². The minimum atomic E-state index is -0.157. The van der Waals surface area contributed by atoms with Crippen LogP contribution < -0.4 is 15.8 Å². The lowest BCUT2D eigenvalue weighted by molar-refractivity contribution is 0.102. The summed E-state index contributed by atoms with van der Waals surface area (Å²) in [4.78, 5) is 20.1. The summed E-state index contributed by atoms with van der Waals surface area (Å²) >= 11 is 0. The average Bonchev–Trinajstić information content (AvgIpc) is 3.37. The molecule has 0 radical (unpaired) electrons. The second-order valence-electron chi connectivity index (χ2n) is 10.7. The number of likely N-dealkylation sites (tertiary alicyclic amines) is 1. The van der Waals surface area contributed by atoms with Crippen molar-refractivity contribution in [1.82, 2.24) is 14.5 Å². The van der Waals surface area contributed by atoms with E-state index in [0.717, 1.165) is 65.6 Å². The molecule has 1 fully saturated rings. The third kappa shape index (κ3) is 6.74. The number of aryl methyl sites for hydroxylation is 2. The lowest BCUT2D eigenvalue weighted by Crippen LogP contribution is -2.45. The Morgan fingerprint density at radius 1 is 1.08 bits per heavy atom. The smallest absolute Gasteiger partial charge is 0.255 e. The monoisotopic (exact) mass is 523 g/mol. The molecule has 2 unspecified atom stereocenters. The van der Waals surface area contributed by atoms with Crippen molar-refractivity contribution in [2.45, 2.75) is 46.4 Å². The van der Waals surface area contributed by atoms with Gasteiger partial charge in [-0.15, -0.1) is 0 Å². The van der Waals surface area contributed by atoms with Crippen LogP contribution in [0.3, 0.4) is 0 Å². The van der Waals surface area contributed by atoms with Crippen LogP contribution in [0.5, 0.6) is 5.75 Å². The van der Waals surface area contributed by atoms with E-state index in [0.29, 0.717) is 18.1 Å². The van der Waals surface area contributed by atoms with Crippen LogP contribution in [0, 0.1) is 19.8 Å². The molecule has 3 aromatic carbocycles. The highest BCUT2D eigenvalue weighted by Crippen LogP contribution is 2.25. The summed E-state index contributed by atoms with van der Waals surface area (Å²) in [6, 6.07) is 22.1. The van der Waals surface area contributed by atoms with Crippen molar-refractivity contribution in [2.75, 3.05) is 18.4 Å². The largest absolute Gasteiger partial charge is 0.489 e. The third-order valence-electron chi connectivity index (χ3n) is 7.38. The zero-order valence-electron chi connectivity index (χ0n) is 22.9. The second-order valence-corrected chi connectivity index (χ2v) is 10.7. The first-order valence-electron chi connectivity index (χ1n) is 13.6. The van der Waals surface area contributed by atoms with E-state index in [2.05, 4.69) is 34.3 Å². The van der Waals surface area contributed by atoms with Gasteiger partial charge in [-0.3, -0.25) is 9.69 Å². The molecule has 202 valence electrons. The molecule has 1 aromatic heterocycles. The van der Waals surface area contributed by atoms with Gasteiger partial charge in [0.1, 0.15) is 12.4 Å². The molecular formula is C32H37N5O2. The SMILES string of the molecule is Cc1cn(-c2cc(CN3CCC(N)C(C)C3)cc(NC(=O)c3ccc(OCc4ccccc4)c(C)c3)c2)cn1. The Morgan fingerprint density at radius 3 is 2.62 bits per heavy atom. The van der Waals surface area contributed by atoms with Gasteiger partial charge in [-0.2, -0.15) is 0 Å². The molecule has 0 bridgehead atoms. The van der Waals surface area contributed by atoms with E-state index in [4.69, 9.17) is 10.5 Å². The number of benzene rings is 3. The number of nitrogens with one attached hydrogen (secondary N) is 1. The normalized spacial score (nSPS) is 17.6.